The Hall–Kier alpha value is -2.45. The van der Waals surface area contributed by atoms with Crippen molar-refractivity contribution in [2.75, 3.05) is 5.32 Å². The fraction of sp³-hybridized carbons (Fsp3) is 0.176. The number of hydrogen-bond donors (Lipinski definition) is 1. The second kappa shape index (κ2) is 5.08. The molecule has 0 bridgehead atoms. The van der Waals surface area contributed by atoms with E-state index in [9.17, 15) is 4.39 Å². The molecule has 110 valence electrons. The van der Waals surface area contributed by atoms with Gasteiger partial charge in [0.05, 0.1) is 11.6 Å². The predicted molar refractivity (Wildman–Crippen MR) is 86.9 cm³/mol. The molecule has 0 unspecified atom stereocenters. The number of rotatable bonds is 1. The molecule has 22 heavy (non-hydrogen) atoms. The molecule has 0 aliphatic carbocycles. The summed E-state index contributed by atoms with van der Waals surface area (Å²) in [6.45, 7) is 3.85. The lowest BCUT2D eigenvalue weighted by Crippen LogP contribution is -2.34. The quantitative estimate of drug-likeness (QED) is 0.796. The summed E-state index contributed by atoms with van der Waals surface area (Å²) < 4.78 is 19.3. The average molecular weight is 312 g/mol. The van der Waals surface area contributed by atoms with Crippen molar-refractivity contribution in [1.29, 1.82) is 5.26 Å². The number of halogens is 1. The van der Waals surface area contributed by atoms with Crippen LogP contribution in [0, 0.1) is 17.1 Å². The van der Waals surface area contributed by atoms with E-state index in [4.69, 9.17) is 22.2 Å². The SMILES string of the molecule is CC1(C)OC(=S)Nc2ccc(-c3cc(F)cc(C#N)c3)cc21. The number of hydrogen-bond acceptors (Lipinski definition) is 3. The summed E-state index contributed by atoms with van der Waals surface area (Å²) in [7, 11) is 0. The van der Waals surface area contributed by atoms with Gasteiger partial charge in [0, 0.05) is 11.3 Å². The average Bonchev–Trinajstić information content (AvgIpc) is 2.45. The summed E-state index contributed by atoms with van der Waals surface area (Å²) in [5.41, 5.74) is 3.01. The normalized spacial score (nSPS) is 15.3. The lowest BCUT2D eigenvalue weighted by Gasteiger charge is -2.34. The molecule has 3 rings (SSSR count). The number of fused-ring (bicyclic) bond motifs is 1. The number of benzene rings is 2. The predicted octanol–water partition coefficient (Wildman–Crippen LogP) is 4.33. The Morgan fingerprint density at radius 1 is 1.18 bits per heavy atom. The van der Waals surface area contributed by atoms with Gasteiger partial charge in [0.15, 0.2) is 0 Å². The molecule has 2 aromatic carbocycles. The van der Waals surface area contributed by atoms with Gasteiger partial charge >= 0.3 is 0 Å². The molecule has 0 atom stereocenters. The van der Waals surface area contributed by atoms with E-state index >= 15 is 0 Å². The van der Waals surface area contributed by atoms with E-state index in [-0.39, 0.29) is 0 Å². The Kier molecular flexibility index (Phi) is 3.34. The number of ether oxygens (including phenoxy) is 1. The van der Waals surface area contributed by atoms with Gasteiger partial charge in [0.25, 0.3) is 5.17 Å². The van der Waals surface area contributed by atoms with Crippen LogP contribution in [-0.4, -0.2) is 5.17 Å². The number of thiocarbonyl (C=S) groups is 1. The van der Waals surface area contributed by atoms with Gasteiger partial charge in [0.1, 0.15) is 11.4 Å². The van der Waals surface area contributed by atoms with Crippen molar-refractivity contribution < 1.29 is 9.13 Å². The van der Waals surface area contributed by atoms with Gasteiger partial charge < -0.3 is 10.1 Å². The molecule has 0 fully saturated rings. The number of nitrogens with one attached hydrogen (secondary N) is 1. The molecule has 0 spiro atoms. The molecule has 2 aromatic rings. The van der Waals surface area contributed by atoms with Crippen molar-refractivity contribution in [3.05, 3.63) is 53.3 Å². The van der Waals surface area contributed by atoms with Crippen LogP contribution in [0.2, 0.25) is 0 Å². The molecule has 0 amide bonds. The maximum absolute atomic E-state index is 13.6. The maximum Gasteiger partial charge on any atom is 0.262 e. The first-order chi connectivity index (χ1) is 10.4. The van der Waals surface area contributed by atoms with Gasteiger partial charge in [-0.3, -0.25) is 0 Å². The number of nitriles is 1. The van der Waals surface area contributed by atoms with E-state index in [0.29, 0.717) is 16.3 Å². The highest BCUT2D eigenvalue weighted by Crippen LogP contribution is 2.38. The van der Waals surface area contributed by atoms with Crippen LogP contribution in [0.4, 0.5) is 10.1 Å². The fourth-order valence-corrected chi connectivity index (χ4v) is 2.89. The Morgan fingerprint density at radius 3 is 2.68 bits per heavy atom. The number of anilines is 1. The highest BCUT2D eigenvalue weighted by atomic mass is 32.1. The number of nitrogens with zero attached hydrogens (tertiary/aromatic N) is 1. The monoisotopic (exact) mass is 312 g/mol. The Labute approximate surface area is 133 Å². The Balaban J connectivity index is 2.14. The van der Waals surface area contributed by atoms with Crippen molar-refractivity contribution >= 4 is 23.1 Å². The molecule has 0 radical (unpaired) electrons. The van der Waals surface area contributed by atoms with Crippen molar-refractivity contribution in [1.82, 2.24) is 0 Å². The topological polar surface area (TPSA) is 45.0 Å². The van der Waals surface area contributed by atoms with Gasteiger partial charge in [0.2, 0.25) is 0 Å². The zero-order chi connectivity index (χ0) is 15.9. The van der Waals surface area contributed by atoms with Gasteiger partial charge in [-0.05, 0) is 67.5 Å². The van der Waals surface area contributed by atoms with E-state index in [1.165, 1.54) is 12.1 Å². The largest absolute Gasteiger partial charge is 0.460 e. The first kappa shape index (κ1) is 14.5. The summed E-state index contributed by atoms with van der Waals surface area (Å²) in [6, 6.07) is 12.0. The molecular formula is C17H13FN2OS. The van der Waals surface area contributed by atoms with E-state index in [0.717, 1.165) is 16.8 Å². The summed E-state index contributed by atoms with van der Waals surface area (Å²) in [6.07, 6.45) is 0. The van der Waals surface area contributed by atoms with Crippen LogP contribution in [0.1, 0.15) is 25.0 Å². The summed E-state index contributed by atoms with van der Waals surface area (Å²) in [4.78, 5) is 0. The van der Waals surface area contributed by atoms with E-state index < -0.39 is 11.4 Å². The Bertz CT molecular complexity index is 824. The first-order valence-corrected chi connectivity index (χ1v) is 7.15. The van der Waals surface area contributed by atoms with Crippen LogP contribution in [0.5, 0.6) is 0 Å². The van der Waals surface area contributed by atoms with Crippen molar-refractivity contribution in [3.8, 4) is 17.2 Å². The van der Waals surface area contributed by atoms with Crippen molar-refractivity contribution in [3.63, 3.8) is 0 Å². The molecule has 1 aliphatic heterocycles. The molecule has 1 N–H and O–H groups in total. The molecular weight excluding hydrogens is 299 g/mol. The zero-order valence-corrected chi connectivity index (χ0v) is 12.9. The first-order valence-electron chi connectivity index (χ1n) is 6.75. The van der Waals surface area contributed by atoms with Crippen LogP contribution in [-0.2, 0) is 10.3 Å². The van der Waals surface area contributed by atoms with Gasteiger partial charge in [-0.2, -0.15) is 5.26 Å². The molecule has 5 heteroatoms. The standard InChI is InChI=1S/C17H13FN2OS/c1-17(2)14-8-11(3-4-15(14)20-16(22)21-17)12-5-10(9-19)6-13(18)7-12/h3-8H,1-2H3,(H,20,22). The zero-order valence-electron chi connectivity index (χ0n) is 12.1. The van der Waals surface area contributed by atoms with Crippen LogP contribution < -0.4 is 5.32 Å². The van der Waals surface area contributed by atoms with Crippen LogP contribution in [0.15, 0.2) is 36.4 Å². The molecule has 0 saturated heterocycles. The van der Waals surface area contributed by atoms with E-state index in [2.05, 4.69) is 5.32 Å². The van der Waals surface area contributed by atoms with Gasteiger partial charge in [-0.1, -0.05) is 6.07 Å². The third-order valence-electron chi connectivity index (χ3n) is 3.61. The summed E-state index contributed by atoms with van der Waals surface area (Å²) in [5, 5.41) is 12.3. The highest BCUT2D eigenvalue weighted by Gasteiger charge is 2.31. The molecule has 1 aliphatic rings. The second-order valence-electron chi connectivity index (χ2n) is 5.63. The second-order valence-corrected chi connectivity index (χ2v) is 6.00. The maximum atomic E-state index is 13.6. The van der Waals surface area contributed by atoms with Gasteiger partial charge in [-0.15, -0.1) is 0 Å². The minimum absolute atomic E-state index is 0.294. The smallest absolute Gasteiger partial charge is 0.262 e. The molecule has 0 aromatic heterocycles. The van der Waals surface area contributed by atoms with Crippen LogP contribution >= 0.6 is 12.2 Å². The molecule has 1 heterocycles. The van der Waals surface area contributed by atoms with Crippen molar-refractivity contribution in [2.45, 2.75) is 19.4 Å². The highest BCUT2D eigenvalue weighted by molar-refractivity contribution is 7.80. The lowest BCUT2D eigenvalue weighted by atomic mass is 9.91. The third kappa shape index (κ3) is 2.53. The fourth-order valence-electron chi connectivity index (χ4n) is 2.57. The minimum atomic E-state index is -0.570. The van der Waals surface area contributed by atoms with E-state index in [1.54, 1.807) is 6.07 Å². The van der Waals surface area contributed by atoms with Crippen molar-refractivity contribution in [2.24, 2.45) is 0 Å². The third-order valence-corrected chi connectivity index (χ3v) is 3.80. The molecule has 3 nitrogen and oxygen atoms in total. The minimum Gasteiger partial charge on any atom is -0.460 e. The Morgan fingerprint density at radius 2 is 1.95 bits per heavy atom. The summed E-state index contributed by atoms with van der Waals surface area (Å²) >= 11 is 5.09. The van der Waals surface area contributed by atoms with Gasteiger partial charge in [-0.25, -0.2) is 4.39 Å². The summed E-state index contributed by atoms with van der Waals surface area (Å²) in [5.74, 6) is -0.429. The van der Waals surface area contributed by atoms with Crippen LogP contribution in [0.25, 0.3) is 11.1 Å². The molecule has 0 saturated carbocycles. The van der Waals surface area contributed by atoms with Crippen LogP contribution in [0.3, 0.4) is 0 Å². The lowest BCUT2D eigenvalue weighted by molar-refractivity contribution is 0.0947. The van der Waals surface area contributed by atoms with E-state index in [1.807, 2.05) is 38.1 Å².